The summed E-state index contributed by atoms with van der Waals surface area (Å²) in [5.41, 5.74) is 4.34. The first-order valence-corrected chi connectivity index (χ1v) is 7.53. The Labute approximate surface area is 128 Å². The number of nitrogens with one attached hydrogen (secondary N) is 1. The van der Waals surface area contributed by atoms with Gasteiger partial charge < -0.3 is 9.80 Å². The molecule has 0 atom stereocenters. The van der Waals surface area contributed by atoms with Crippen molar-refractivity contribution in [2.45, 2.75) is 34.6 Å². The summed E-state index contributed by atoms with van der Waals surface area (Å²) in [4.78, 5) is 12.4. The predicted octanol–water partition coefficient (Wildman–Crippen LogP) is 3.04. The number of amides is 1. The van der Waals surface area contributed by atoms with E-state index in [-0.39, 0.29) is 5.91 Å². The van der Waals surface area contributed by atoms with Crippen molar-refractivity contribution in [3.05, 3.63) is 28.8 Å². The molecule has 0 aliphatic carbocycles. The van der Waals surface area contributed by atoms with Gasteiger partial charge in [-0.05, 0) is 51.7 Å². The Morgan fingerprint density at radius 3 is 2.14 bits per heavy atom. The molecular weight excluding hydrogens is 260 g/mol. The molecule has 1 aromatic carbocycles. The van der Waals surface area contributed by atoms with E-state index in [4.69, 9.17) is 6.42 Å². The van der Waals surface area contributed by atoms with Crippen LogP contribution in [0.25, 0.3) is 0 Å². The average Bonchev–Trinajstić information content (AvgIpc) is 2.42. The number of carbonyl (C=O) groups excluding carboxylic acids is 1. The van der Waals surface area contributed by atoms with Crippen LogP contribution in [-0.4, -0.2) is 36.6 Å². The van der Waals surface area contributed by atoms with Gasteiger partial charge in [0.15, 0.2) is 6.54 Å². The zero-order chi connectivity index (χ0) is 16.0. The van der Waals surface area contributed by atoms with Gasteiger partial charge in [0.2, 0.25) is 0 Å². The molecule has 21 heavy (non-hydrogen) atoms. The van der Waals surface area contributed by atoms with E-state index in [1.165, 1.54) is 5.56 Å². The topological polar surface area (TPSA) is 29.1 Å². The van der Waals surface area contributed by atoms with E-state index in [1.54, 1.807) is 0 Å². The van der Waals surface area contributed by atoms with Gasteiger partial charge in [-0.1, -0.05) is 17.7 Å². The first-order chi connectivity index (χ1) is 9.87. The SMILES string of the molecule is C#CC[N+](CC)(CC)CC(=O)Nc1c(C)cc(C)cc1C. The summed E-state index contributed by atoms with van der Waals surface area (Å²) in [7, 11) is 0. The Hall–Kier alpha value is -1.79. The second-order valence-electron chi connectivity index (χ2n) is 5.82. The standard InChI is InChI=1S/C18H26N2O/c1-7-10-20(8-2,9-3)13-17(21)19-18-15(5)11-14(4)12-16(18)6/h1,11-12H,8-10,13H2,2-6H3/p+1. The van der Waals surface area contributed by atoms with Gasteiger partial charge in [-0.3, -0.25) is 4.79 Å². The van der Waals surface area contributed by atoms with Gasteiger partial charge in [-0.2, -0.15) is 0 Å². The average molecular weight is 287 g/mol. The van der Waals surface area contributed by atoms with Gasteiger partial charge in [0.25, 0.3) is 5.91 Å². The third kappa shape index (κ3) is 4.34. The van der Waals surface area contributed by atoms with E-state index in [0.717, 1.165) is 29.9 Å². The van der Waals surface area contributed by atoms with Gasteiger partial charge >= 0.3 is 0 Å². The third-order valence-electron chi connectivity index (χ3n) is 4.19. The molecule has 3 heteroatoms. The number of aryl methyl sites for hydroxylation is 3. The summed E-state index contributed by atoms with van der Waals surface area (Å²) in [6, 6.07) is 4.18. The number of terminal acetylenes is 1. The fourth-order valence-corrected chi connectivity index (χ4v) is 2.78. The number of hydrogen-bond donors (Lipinski definition) is 1. The molecule has 3 nitrogen and oxygen atoms in total. The molecule has 0 fully saturated rings. The Balaban J connectivity index is 2.90. The zero-order valence-electron chi connectivity index (χ0n) is 13.9. The predicted molar refractivity (Wildman–Crippen MR) is 89.2 cm³/mol. The smallest absolute Gasteiger partial charge is 0.279 e. The number of nitrogens with zero attached hydrogens (tertiary/aromatic N) is 1. The van der Waals surface area contributed by atoms with Crippen molar-refractivity contribution >= 4 is 11.6 Å². The van der Waals surface area contributed by atoms with E-state index in [0.29, 0.717) is 17.6 Å². The van der Waals surface area contributed by atoms with Crippen LogP contribution in [0.5, 0.6) is 0 Å². The lowest BCUT2D eigenvalue weighted by molar-refractivity contribution is -0.910. The van der Waals surface area contributed by atoms with Crippen molar-refractivity contribution in [2.24, 2.45) is 0 Å². The van der Waals surface area contributed by atoms with Crippen LogP contribution >= 0.6 is 0 Å². The first kappa shape index (κ1) is 17.3. The summed E-state index contributed by atoms with van der Waals surface area (Å²) in [6.07, 6.45) is 5.46. The number of anilines is 1. The van der Waals surface area contributed by atoms with E-state index >= 15 is 0 Å². The van der Waals surface area contributed by atoms with E-state index < -0.39 is 0 Å². The number of quaternary nitrogens is 1. The van der Waals surface area contributed by atoms with Crippen LogP contribution in [0.1, 0.15) is 30.5 Å². The molecule has 0 aliphatic rings. The summed E-state index contributed by atoms with van der Waals surface area (Å²) in [6.45, 7) is 13.0. The van der Waals surface area contributed by atoms with Crippen LogP contribution in [0.3, 0.4) is 0 Å². The van der Waals surface area contributed by atoms with Crippen molar-refractivity contribution < 1.29 is 9.28 Å². The monoisotopic (exact) mass is 287 g/mol. The summed E-state index contributed by atoms with van der Waals surface area (Å²) >= 11 is 0. The highest BCUT2D eigenvalue weighted by Gasteiger charge is 2.26. The molecule has 0 aliphatic heterocycles. The van der Waals surface area contributed by atoms with Gasteiger partial charge in [0.05, 0.1) is 13.1 Å². The number of benzene rings is 1. The number of rotatable bonds is 6. The maximum Gasteiger partial charge on any atom is 0.279 e. The molecule has 0 heterocycles. The second kappa shape index (κ2) is 7.28. The Morgan fingerprint density at radius 2 is 1.71 bits per heavy atom. The molecule has 1 amide bonds. The number of carbonyl (C=O) groups is 1. The molecule has 1 rings (SSSR count). The van der Waals surface area contributed by atoms with Crippen LogP contribution < -0.4 is 5.32 Å². The van der Waals surface area contributed by atoms with Gasteiger partial charge in [0, 0.05) is 5.69 Å². The Bertz CT molecular complexity index is 528. The van der Waals surface area contributed by atoms with Crippen molar-refractivity contribution in [1.82, 2.24) is 0 Å². The summed E-state index contributed by atoms with van der Waals surface area (Å²) < 4.78 is 0.631. The first-order valence-electron chi connectivity index (χ1n) is 7.53. The Kier molecular flexibility index (Phi) is 5.99. The summed E-state index contributed by atoms with van der Waals surface area (Å²) in [5.74, 6) is 2.73. The van der Waals surface area contributed by atoms with Crippen molar-refractivity contribution in [1.29, 1.82) is 0 Å². The molecule has 0 bridgehead atoms. The van der Waals surface area contributed by atoms with E-state index in [2.05, 4.69) is 44.1 Å². The van der Waals surface area contributed by atoms with Gasteiger partial charge in [-0.15, -0.1) is 6.42 Å². The van der Waals surface area contributed by atoms with Crippen LogP contribution in [0, 0.1) is 33.1 Å². The highest BCUT2D eigenvalue weighted by molar-refractivity contribution is 5.93. The fourth-order valence-electron chi connectivity index (χ4n) is 2.78. The Morgan fingerprint density at radius 1 is 1.19 bits per heavy atom. The molecule has 0 radical (unpaired) electrons. The second-order valence-corrected chi connectivity index (χ2v) is 5.82. The quantitative estimate of drug-likeness (QED) is 0.632. The molecule has 1 N–H and O–H groups in total. The van der Waals surface area contributed by atoms with Crippen LogP contribution in [0.4, 0.5) is 5.69 Å². The molecule has 0 aromatic heterocycles. The maximum atomic E-state index is 12.4. The van der Waals surface area contributed by atoms with Crippen LogP contribution in [0.2, 0.25) is 0 Å². The minimum absolute atomic E-state index is 0.0315. The summed E-state index contributed by atoms with van der Waals surface area (Å²) in [5, 5.41) is 3.06. The lowest BCUT2D eigenvalue weighted by atomic mass is 10.1. The molecule has 1 aromatic rings. The molecule has 0 spiro atoms. The third-order valence-corrected chi connectivity index (χ3v) is 4.19. The van der Waals surface area contributed by atoms with Gasteiger partial charge in [0.1, 0.15) is 6.54 Å². The van der Waals surface area contributed by atoms with Crippen molar-refractivity contribution in [3.63, 3.8) is 0 Å². The fraction of sp³-hybridized carbons (Fsp3) is 0.500. The van der Waals surface area contributed by atoms with E-state index in [1.807, 2.05) is 13.8 Å². The van der Waals surface area contributed by atoms with E-state index in [9.17, 15) is 4.79 Å². The normalized spacial score (nSPS) is 11.0. The highest BCUT2D eigenvalue weighted by Crippen LogP contribution is 2.22. The lowest BCUT2D eigenvalue weighted by Gasteiger charge is -2.34. The molecule has 0 unspecified atom stereocenters. The zero-order valence-corrected chi connectivity index (χ0v) is 13.9. The van der Waals surface area contributed by atoms with Crippen molar-refractivity contribution in [2.75, 3.05) is 31.5 Å². The molecular formula is C18H27N2O+. The van der Waals surface area contributed by atoms with Crippen LogP contribution in [-0.2, 0) is 4.79 Å². The minimum Gasteiger partial charge on any atom is -0.321 e. The highest BCUT2D eigenvalue weighted by atomic mass is 16.2. The number of likely N-dealkylation sites (N-methyl/N-ethyl adjacent to an activating group) is 1. The van der Waals surface area contributed by atoms with Gasteiger partial charge in [-0.25, -0.2) is 0 Å². The maximum absolute atomic E-state index is 12.4. The van der Waals surface area contributed by atoms with Crippen LogP contribution in [0.15, 0.2) is 12.1 Å². The lowest BCUT2D eigenvalue weighted by Crippen LogP contribution is -2.52. The minimum atomic E-state index is 0.0315. The largest absolute Gasteiger partial charge is 0.321 e. The molecule has 114 valence electrons. The molecule has 0 saturated heterocycles. The van der Waals surface area contributed by atoms with Crippen molar-refractivity contribution in [3.8, 4) is 12.3 Å². The molecule has 0 saturated carbocycles. The number of hydrogen-bond acceptors (Lipinski definition) is 1.